The first-order valence-corrected chi connectivity index (χ1v) is 9.53. The second-order valence-electron chi connectivity index (χ2n) is 6.36. The summed E-state index contributed by atoms with van der Waals surface area (Å²) in [5, 5.41) is 11.4. The van der Waals surface area contributed by atoms with Crippen molar-refractivity contribution < 1.29 is 19.2 Å². The lowest BCUT2D eigenvalue weighted by Gasteiger charge is -2.11. The molecule has 0 saturated carbocycles. The summed E-state index contributed by atoms with van der Waals surface area (Å²) >= 11 is 3.20. The molecule has 0 radical (unpaired) electrons. The highest BCUT2D eigenvalue weighted by Gasteiger charge is 2.23. The van der Waals surface area contributed by atoms with Gasteiger partial charge in [0.25, 0.3) is 5.69 Å². The van der Waals surface area contributed by atoms with Gasteiger partial charge in [0.2, 0.25) is 0 Å². The van der Waals surface area contributed by atoms with Gasteiger partial charge >= 0.3 is 0 Å². The third-order valence-electron chi connectivity index (χ3n) is 4.42. The highest BCUT2D eigenvalue weighted by molar-refractivity contribution is 9.10. The minimum atomic E-state index is -0.558. The van der Waals surface area contributed by atoms with Crippen molar-refractivity contribution in [2.45, 2.75) is 13.5 Å². The van der Waals surface area contributed by atoms with Gasteiger partial charge < -0.3 is 9.47 Å². The quantitative estimate of drug-likeness (QED) is 0.267. The summed E-state index contributed by atoms with van der Waals surface area (Å²) in [6.45, 7) is 2.10. The van der Waals surface area contributed by atoms with E-state index in [2.05, 4.69) is 15.9 Å². The molecule has 0 atom stereocenters. The number of ketones is 1. The van der Waals surface area contributed by atoms with Crippen molar-refractivity contribution in [2.75, 3.05) is 7.11 Å². The summed E-state index contributed by atoms with van der Waals surface area (Å²) in [4.78, 5) is 23.8. The molecule has 0 bridgehead atoms. The van der Waals surface area contributed by atoms with Crippen molar-refractivity contribution in [3.8, 4) is 11.5 Å². The second kappa shape index (κ2) is 8.87. The third kappa shape index (κ3) is 4.81. The molecule has 0 aliphatic carbocycles. The van der Waals surface area contributed by atoms with Crippen LogP contribution in [0, 0.1) is 17.0 Å². The molecule has 0 aromatic heterocycles. The van der Waals surface area contributed by atoms with E-state index < -0.39 is 10.7 Å². The summed E-state index contributed by atoms with van der Waals surface area (Å²) in [7, 11) is 1.60. The molecule has 0 fully saturated rings. The van der Waals surface area contributed by atoms with E-state index in [-0.39, 0.29) is 11.3 Å². The highest BCUT2D eigenvalue weighted by Crippen LogP contribution is 2.28. The second-order valence-corrected chi connectivity index (χ2v) is 7.28. The highest BCUT2D eigenvalue weighted by atomic mass is 79.9. The number of carbonyl (C=O) groups is 1. The van der Waals surface area contributed by atoms with Gasteiger partial charge in [0.1, 0.15) is 23.7 Å². The van der Waals surface area contributed by atoms with Crippen LogP contribution in [0.15, 0.2) is 65.1 Å². The fraction of sp³-hybridized carbons (Fsp3) is 0.136. The Bertz CT molecular complexity index is 1060. The molecule has 0 N–H and O–H groups in total. The van der Waals surface area contributed by atoms with Crippen LogP contribution in [0.3, 0.4) is 0 Å². The van der Waals surface area contributed by atoms with E-state index in [1.807, 2.05) is 24.3 Å². The Morgan fingerprint density at radius 3 is 2.34 bits per heavy atom. The normalized spacial score (nSPS) is 10.4. The lowest BCUT2D eigenvalue weighted by atomic mass is 9.97. The van der Waals surface area contributed by atoms with Crippen LogP contribution in [-0.4, -0.2) is 17.8 Å². The predicted molar refractivity (Wildman–Crippen MR) is 113 cm³/mol. The maximum absolute atomic E-state index is 13.0. The zero-order chi connectivity index (χ0) is 21.0. The van der Waals surface area contributed by atoms with Crippen LogP contribution in [0.25, 0.3) is 0 Å². The summed E-state index contributed by atoms with van der Waals surface area (Å²) < 4.78 is 11.5. The zero-order valence-corrected chi connectivity index (χ0v) is 17.4. The van der Waals surface area contributed by atoms with Gasteiger partial charge in [0.05, 0.1) is 12.0 Å². The summed E-state index contributed by atoms with van der Waals surface area (Å²) in [6.07, 6.45) is 0. The third-order valence-corrected chi connectivity index (χ3v) is 4.91. The predicted octanol–water partition coefficient (Wildman–Crippen LogP) is 5.48. The van der Waals surface area contributed by atoms with Gasteiger partial charge in [-0.3, -0.25) is 14.9 Å². The Labute approximate surface area is 176 Å². The first kappa shape index (κ1) is 20.5. The summed E-state index contributed by atoms with van der Waals surface area (Å²) in [5.74, 6) is 0.846. The minimum Gasteiger partial charge on any atom is -0.497 e. The van der Waals surface area contributed by atoms with Crippen LogP contribution in [0.2, 0.25) is 0 Å². The number of hydrogen-bond acceptors (Lipinski definition) is 5. The monoisotopic (exact) mass is 455 g/mol. The Morgan fingerprint density at radius 1 is 1.00 bits per heavy atom. The number of carbonyl (C=O) groups excluding carboxylic acids is 1. The largest absolute Gasteiger partial charge is 0.497 e. The fourth-order valence-corrected chi connectivity index (χ4v) is 3.17. The zero-order valence-electron chi connectivity index (χ0n) is 15.8. The maximum Gasteiger partial charge on any atom is 0.281 e. The molecule has 3 aromatic carbocycles. The standard InChI is InChI=1S/C22H18BrNO5/c1-14-3-7-18(29-13-15-4-8-17(28-2)9-5-15)12-20(14)22(25)19-10-6-16(23)11-21(19)24(26)27/h3-12H,13H2,1-2H3. The average Bonchev–Trinajstić information content (AvgIpc) is 2.73. The number of methoxy groups -OCH3 is 1. The molecule has 0 saturated heterocycles. The molecule has 0 aliphatic heterocycles. The van der Waals surface area contributed by atoms with Crippen molar-refractivity contribution in [3.05, 3.63) is 97.5 Å². The minimum absolute atomic E-state index is 0.0357. The molecule has 7 heteroatoms. The molecule has 0 spiro atoms. The molecule has 148 valence electrons. The molecular weight excluding hydrogens is 438 g/mol. The SMILES string of the molecule is COc1ccc(COc2ccc(C)c(C(=O)c3ccc(Br)cc3[N+](=O)[O-])c2)cc1. The first-order chi connectivity index (χ1) is 13.9. The molecular formula is C22H18BrNO5. The Hall–Kier alpha value is -3.19. The lowest BCUT2D eigenvalue weighted by molar-refractivity contribution is -0.385. The molecule has 0 amide bonds. The number of rotatable bonds is 7. The maximum atomic E-state index is 13.0. The molecule has 3 aromatic rings. The van der Waals surface area contributed by atoms with Gasteiger partial charge in [0.15, 0.2) is 5.78 Å². The van der Waals surface area contributed by atoms with Gasteiger partial charge in [-0.2, -0.15) is 0 Å². The van der Waals surface area contributed by atoms with Crippen molar-refractivity contribution in [1.82, 2.24) is 0 Å². The number of halogens is 1. The fourth-order valence-electron chi connectivity index (χ4n) is 2.82. The molecule has 0 unspecified atom stereocenters. The van der Waals surface area contributed by atoms with E-state index in [9.17, 15) is 14.9 Å². The number of aryl methyl sites for hydroxylation is 1. The van der Waals surface area contributed by atoms with Gasteiger partial charge in [-0.15, -0.1) is 0 Å². The van der Waals surface area contributed by atoms with Gasteiger partial charge in [-0.05, 0) is 54.4 Å². The van der Waals surface area contributed by atoms with Crippen LogP contribution in [0.4, 0.5) is 5.69 Å². The van der Waals surface area contributed by atoms with Gasteiger partial charge in [0, 0.05) is 16.1 Å². The van der Waals surface area contributed by atoms with E-state index in [1.54, 1.807) is 38.3 Å². The number of nitro groups is 1. The van der Waals surface area contributed by atoms with Crippen molar-refractivity contribution in [1.29, 1.82) is 0 Å². The molecule has 29 heavy (non-hydrogen) atoms. The number of benzene rings is 3. The molecule has 3 rings (SSSR count). The molecule has 0 aliphatic rings. The van der Waals surface area contributed by atoms with Crippen LogP contribution in [0.1, 0.15) is 27.0 Å². The number of nitro benzene ring substituents is 1. The van der Waals surface area contributed by atoms with Crippen LogP contribution in [0.5, 0.6) is 11.5 Å². The smallest absolute Gasteiger partial charge is 0.281 e. The van der Waals surface area contributed by atoms with E-state index >= 15 is 0 Å². The van der Waals surface area contributed by atoms with E-state index in [0.29, 0.717) is 28.0 Å². The molecule has 0 heterocycles. The van der Waals surface area contributed by atoms with E-state index in [0.717, 1.165) is 11.3 Å². The lowest BCUT2D eigenvalue weighted by Crippen LogP contribution is -2.08. The van der Waals surface area contributed by atoms with Crippen molar-refractivity contribution >= 4 is 27.4 Å². The van der Waals surface area contributed by atoms with Gasteiger partial charge in [-0.1, -0.05) is 34.1 Å². The van der Waals surface area contributed by atoms with Crippen LogP contribution < -0.4 is 9.47 Å². The Balaban J connectivity index is 1.85. The Morgan fingerprint density at radius 2 is 1.69 bits per heavy atom. The molecule has 6 nitrogen and oxygen atoms in total. The summed E-state index contributed by atoms with van der Waals surface area (Å²) in [6, 6.07) is 17.0. The van der Waals surface area contributed by atoms with E-state index in [4.69, 9.17) is 9.47 Å². The van der Waals surface area contributed by atoms with Crippen LogP contribution >= 0.6 is 15.9 Å². The van der Waals surface area contributed by atoms with E-state index in [1.165, 1.54) is 12.1 Å². The number of nitrogens with zero attached hydrogens (tertiary/aromatic N) is 1. The van der Waals surface area contributed by atoms with Crippen molar-refractivity contribution in [2.24, 2.45) is 0 Å². The number of ether oxygens (including phenoxy) is 2. The topological polar surface area (TPSA) is 78.7 Å². The average molecular weight is 456 g/mol. The van der Waals surface area contributed by atoms with Crippen LogP contribution in [-0.2, 0) is 6.61 Å². The first-order valence-electron chi connectivity index (χ1n) is 8.74. The van der Waals surface area contributed by atoms with Gasteiger partial charge in [-0.25, -0.2) is 0 Å². The number of hydrogen-bond donors (Lipinski definition) is 0. The summed E-state index contributed by atoms with van der Waals surface area (Å²) in [5.41, 5.74) is 1.82. The van der Waals surface area contributed by atoms with Crippen molar-refractivity contribution in [3.63, 3.8) is 0 Å². The Kier molecular flexibility index (Phi) is 6.29.